The molecule has 0 spiro atoms. The Morgan fingerprint density at radius 2 is 1.83 bits per heavy atom. The van der Waals surface area contributed by atoms with Crippen LogP contribution >= 0.6 is 0 Å². The molecule has 0 aliphatic heterocycles. The van der Waals surface area contributed by atoms with Crippen LogP contribution in [0.5, 0.6) is 0 Å². The monoisotopic (exact) mass is 167 g/mol. The van der Waals surface area contributed by atoms with Gasteiger partial charge in [0, 0.05) is 0 Å². The summed E-state index contributed by atoms with van der Waals surface area (Å²) >= 11 is 0. The summed E-state index contributed by atoms with van der Waals surface area (Å²) in [4.78, 5) is 14.0. The van der Waals surface area contributed by atoms with Crippen LogP contribution in [0.2, 0.25) is 0 Å². The molecule has 1 aliphatic rings. The SMILES string of the molecule is CC(C)(N=C=O)C1CCCCC1. The lowest BCUT2D eigenvalue weighted by Crippen LogP contribution is -2.30. The van der Waals surface area contributed by atoms with E-state index in [0.29, 0.717) is 5.92 Å². The molecule has 0 bridgehead atoms. The van der Waals surface area contributed by atoms with Gasteiger partial charge in [-0.2, -0.15) is 4.99 Å². The molecule has 68 valence electrons. The van der Waals surface area contributed by atoms with Crippen LogP contribution in [0.4, 0.5) is 0 Å². The summed E-state index contributed by atoms with van der Waals surface area (Å²) in [5.74, 6) is 0.590. The Morgan fingerprint density at radius 3 is 2.33 bits per heavy atom. The second kappa shape index (κ2) is 3.86. The zero-order valence-electron chi connectivity index (χ0n) is 7.97. The van der Waals surface area contributed by atoms with Crippen molar-refractivity contribution in [3.8, 4) is 0 Å². The number of rotatable bonds is 2. The van der Waals surface area contributed by atoms with Gasteiger partial charge in [0.15, 0.2) is 0 Å². The van der Waals surface area contributed by atoms with Crippen molar-refractivity contribution in [2.24, 2.45) is 10.9 Å². The molecular weight excluding hydrogens is 150 g/mol. The van der Waals surface area contributed by atoms with Crippen molar-refractivity contribution in [3.63, 3.8) is 0 Å². The number of hydrogen-bond donors (Lipinski definition) is 0. The van der Waals surface area contributed by atoms with Crippen LogP contribution < -0.4 is 0 Å². The molecule has 2 heteroatoms. The maximum Gasteiger partial charge on any atom is 0.235 e. The van der Waals surface area contributed by atoms with Crippen molar-refractivity contribution in [1.29, 1.82) is 0 Å². The van der Waals surface area contributed by atoms with Crippen molar-refractivity contribution in [2.75, 3.05) is 0 Å². The van der Waals surface area contributed by atoms with Crippen LogP contribution in [0, 0.1) is 5.92 Å². The Hall–Kier alpha value is -0.620. The fourth-order valence-electron chi connectivity index (χ4n) is 2.02. The number of aliphatic imine (C=N–C) groups is 1. The van der Waals surface area contributed by atoms with Gasteiger partial charge in [-0.05, 0) is 32.6 Å². The van der Waals surface area contributed by atoms with Gasteiger partial charge >= 0.3 is 0 Å². The van der Waals surface area contributed by atoms with E-state index >= 15 is 0 Å². The van der Waals surface area contributed by atoms with Crippen molar-refractivity contribution < 1.29 is 4.79 Å². The summed E-state index contributed by atoms with van der Waals surface area (Å²) in [7, 11) is 0. The van der Waals surface area contributed by atoms with E-state index in [-0.39, 0.29) is 5.54 Å². The molecule has 1 rings (SSSR count). The van der Waals surface area contributed by atoms with Gasteiger partial charge in [-0.25, -0.2) is 4.79 Å². The molecular formula is C10H17NO. The Kier molecular flexibility index (Phi) is 3.05. The van der Waals surface area contributed by atoms with Crippen LogP contribution in [0.25, 0.3) is 0 Å². The molecule has 1 aliphatic carbocycles. The standard InChI is InChI=1S/C10H17NO/c1-10(2,11-8-12)9-6-4-3-5-7-9/h9H,3-7H2,1-2H3. The lowest BCUT2D eigenvalue weighted by molar-refractivity contribution is 0.241. The van der Waals surface area contributed by atoms with E-state index in [1.807, 2.05) is 13.8 Å². The molecule has 1 saturated carbocycles. The smallest absolute Gasteiger partial charge is 0.211 e. The lowest BCUT2D eigenvalue weighted by Gasteiger charge is -2.32. The molecule has 0 N–H and O–H groups in total. The molecule has 1 fully saturated rings. The predicted octanol–water partition coefficient (Wildman–Crippen LogP) is 2.68. The Labute approximate surface area is 74.1 Å². The Morgan fingerprint density at radius 1 is 1.25 bits per heavy atom. The minimum atomic E-state index is -0.178. The van der Waals surface area contributed by atoms with E-state index in [1.165, 1.54) is 32.1 Å². The number of carbonyl (C=O) groups excluding carboxylic acids is 1. The summed E-state index contributed by atoms with van der Waals surface area (Å²) < 4.78 is 0. The minimum absolute atomic E-state index is 0.178. The first kappa shape index (κ1) is 9.47. The zero-order chi connectivity index (χ0) is 9.03. The average molecular weight is 167 g/mol. The first-order chi connectivity index (χ1) is 5.67. The van der Waals surface area contributed by atoms with Crippen LogP contribution in [-0.4, -0.2) is 11.6 Å². The first-order valence-electron chi connectivity index (χ1n) is 4.76. The topological polar surface area (TPSA) is 29.4 Å². The highest BCUT2D eigenvalue weighted by molar-refractivity contribution is 5.34. The van der Waals surface area contributed by atoms with Crippen molar-refractivity contribution in [2.45, 2.75) is 51.5 Å². The van der Waals surface area contributed by atoms with Crippen LogP contribution in [0.3, 0.4) is 0 Å². The largest absolute Gasteiger partial charge is 0.235 e. The number of isocyanates is 1. The van der Waals surface area contributed by atoms with Crippen LogP contribution in [0.1, 0.15) is 46.0 Å². The van der Waals surface area contributed by atoms with Gasteiger partial charge in [-0.1, -0.05) is 19.3 Å². The van der Waals surface area contributed by atoms with Gasteiger partial charge in [0.05, 0.1) is 5.54 Å². The van der Waals surface area contributed by atoms with Crippen molar-refractivity contribution in [3.05, 3.63) is 0 Å². The van der Waals surface area contributed by atoms with Gasteiger partial charge in [0.2, 0.25) is 6.08 Å². The second-order valence-corrected chi connectivity index (χ2v) is 4.19. The highest BCUT2D eigenvalue weighted by Gasteiger charge is 2.29. The quantitative estimate of drug-likeness (QED) is 0.459. The van der Waals surface area contributed by atoms with Crippen molar-refractivity contribution in [1.82, 2.24) is 0 Å². The zero-order valence-corrected chi connectivity index (χ0v) is 7.97. The summed E-state index contributed by atoms with van der Waals surface area (Å²) in [5.41, 5.74) is -0.178. The molecule has 0 amide bonds. The molecule has 0 aromatic carbocycles. The fraction of sp³-hybridized carbons (Fsp3) is 0.900. The van der Waals surface area contributed by atoms with Gasteiger partial charge in [0.1, 0.15) is 0 Å². The fourth-order valence-corrected chi connectivity index (χ4v) is 2.02. The highest BCUT2D eigenvalue weighted by Crippen LogP contribution is 2.34. The molecule has 0 heterocycles. The third kappa shape index (κ3) is 2.18. The first-order valence-corrected chi connectivity index (χ1v) is 4.76. The highest BCUT2D eigenvalue weighted by atomic mass is 16.1. The molecule has 12 heavy (non-hydrogen) atoms. The molecule has 0 unspecified atom stereocenters. The molecule has 0 aromatic heterocycles. The molecule has 0 radical (unpaired) electrons. The summed E-state index contributed by atoms with van der Waals surface area (Å²) in [6, 6.07) is 0. The molecule has 0 aromatic rings. The lowest BCUT2D eigenvalue weighted by atomic mass is 9.77. The summed E-state index contributed by atoms with van der Waals surface area (Å²) in [6.45, 7) is 4.07. The Balaban J connectivity index is 2.59. The third-order valence-corrected chi connectivity index (χ3v) is 2.94. The van der Waals surface area contributed by atoms with E-state index in [4.69, 9.17) is 0 Å². The van der Waals surface area contributed by atoms with E-state index < -0.39 is 0 Å². The van der Waals surface area contributed by atoms with Crippen LogP contribution in [0.15, 0.2) is 4.99 Å². The van der Waals surface area contributed by atoms with Gasteiger partial charge < -0.3 is 0 Å². The molecule has 0 saturated heterocycles. The Bertz CT molecular complexity index is 186. The second-order valence-electron chi connectivity index (χ2n) is 4.19. The normalized spacial score (nSPS) is 20.2. The van der Waals surface area contributed by atoms with E-state index in [0.717, 1.165) is 0 Å². The number of hydrogen-bond acceptors (Lipinski definition) is 2. The maximum atomic E-state index is 10.2. The number of nitrogens with zero attached hydrogens (tertiary/aromatic N) is 1. The summed E-state index contributed by atoms with van der Waals surface area (Å²) in [6.07, 6.45) is 8.05. The van der Waals surface area contributed by atoms with E-state index in [9.17, 15) is 4.79 Å². The van der Waals surface area contributed by atoms with Crippen LogP contribution in [-0.2, 0) is 4.79 Å². The van der Waals surface area contributed by atoms with Gasteiger partial charge in [-0.3, -0.25) is 0 Å². The van der Waals surface area contributed by atoms with Gasteiger partial charge in [-0.15, -0.1) is 0 Å². The predicted molar refractivity (Wildman–Crippen MR) is 48.8 cm³/mol. The molecule has 2 nitrogen and oxygen atoms in total. The average Bonchev–Trinajstić information content (AvgIpc) is 2.06. The maximum absolute atomic E-state index is 10.2. The van der Waals surface area contributed by atoms with E-state index in [2.05, 4.69) is 4.99 Å². The summed E-state index contributed by atoms with van der Waals surface area (Å²) in [5, 5.41) is 0. The third-order valence-electron chi connectivity index (χ3n) is 2.94. The van der Waals surface area contributed by atoms with Gasteiger partial charge in [0.25, 0.3) is 0 Å². The van der Waals surface area contributed by atoms with Crippen molar-refractivity contribution >= 4 is 6.08 Å². The molecule has 0 atom stereocenters. The van der Waals surface area contributed by atoms with E-state index in [1.54, 1.807) is 6.08 Å². The minimum Gasteiger partial charge on any atom is -0.211 e.